The fourth-order valence-electron chi connectivity index (χ4n) is 1.03. The van der Waals surface area contributed by atoms with E-state index in [1.165, 1.54) is 12.0 Å². The lowest BCUT2D eigenvalue weighted by Crippen LogP contribution is -2.23. The highest BCUT2D eigenvalue weighted by molar-refractivity contribution is 5.23. The predicted molar refractivity (Wildman–Crippen MR) is 44.7 cm³/mol. The van der Waals surface area contributed by atoms with Gasteiger partial charge in [0.15, 0.2) is 0 Å². The van der Waals surface area contributed by atoms with Crippen LogP contribution in [0.25, 0.3) is 0 Å². The summed E-state index contributed by atoms with van der Waals surface area (Å²) in [7, 11) is 0. The molecule has 0 aromatic heterocycles. The Labute approximate surface area is 62.8 Å². The van der Waals surface area contributed by atoms with Crippen molar-refractivity contribution in [3.63, 3.8) is 0 Å². The van der Waals surface area contributed by atoms with Crippen molar-refractivity contribution in [3.05, 3.63) is 23.9 Å². The van der Waals surface area contributed by atoms with Crippen molar-refractivity contribution in [1.82, 2.24) is 5.32 Å². The molecule has 0 bridgehead atoms. The van der Waals surface area contributed by atoms with Crippen LogP contribution in [0.2, 0.25) is 0 Å². The molecule has 1 aliphatic heterocycles. The Morgan fingerprint density at radius 1 is 1.50 bits per heavy atom. The number of hydrogen-bond acceptors (Lipinski definition) is 1. The second kappa shape index (κ2) is 3.45. The molecule has 1 aliphatic rings. The molecular formula is C9H15N. The van der Waals surface area contributed by atoms with Gasteiger partial charge in [-0.05, 0) is 18.4 Å². The summed E-state index contributed by atoms with van der Waals surface area (Å²) in [6.07, 6.45) is 8.86. The molecule has 0 amide bonds. The van der Waals surface area contributed by atoms with Crippen molar-refractivity contribution in [1.29, 1.82) is 0 Å². The maximum atomic E-state index is 3.32. The fraction of sp³-hybridized carbons (Fsp3) is 0.556. The van der Waals surface area contributed by atoms with Gasteiger partial charge in [-0.15, -0.1) is 0 Å². The topological polar surface area (TPSA) is 12.0 Å². The highest BCUT2D eigenvalue weighted by atomic mass is 14.9. The first-order chi connectivity index (χ1) is 4.86. The normalized spacial score (nSPS) is 23.8. The summed E-state index contributed by atoms with van der Waals surface area (Å²) >= 11 is 0. The van der Waals surface area contributed by atoms with Crippen LogP contribution in [0.15, 0.2) is 23.9 Å². The van der Waals surface area contributed by atoms with Crippen molar-refractivity contribution >= 4 is 0 Å². The zero-order chi connectivity index (χ0) is 7.40. The van der Waals surface area contributed by atoms with Crippen LogP contribution in [-0.2, 0) is 0 Å². The van der Waals surface area contributed by atoms with Gasteiger partial charge in [-0.1, -0.05) is 26.0 Å². The third-order valence-electron chi connectivity index (χ3n) is 1.87. The van der Waals surface area contributed by atoms with E-state index in [2.05, 4.69) is 37.5 Å². The van der Waals surface area contributed by atoms with E-state index >= 15 is 0 Å². The van der Waals surface area contributed by atoms with E-state index in [-0.39, 0.29) is 0 Å². The van der Waals surface area contributed by atoms with Crippen molar-refractivity contribution in [2.45, 2.75) is 32.7 Å². The van der Waals surface area contributed by atoms with Gasteiger partial charge < -0.3 is 5.32 Å². The molecule has 0 saturated heterocycles. The Bertz CT molecular complexity index is 156. The molecule has 1 heteroatoms. The second-order valence-corrected chi connectivity index (χ2v) is 2.61. The lowest BCUT2D eigenvalue weighted by atomic mass is 10.1. The van der Waals surface area contributed by atoms with Crippen LogP contribution < -0.4 is 5.32 Å². The molecule has 1 N–H and O–H groups in total. The minimum Gasteiger partial charge on any atom is -0.384 e. The minimum atomic E-state index is 0.565. The number of hydrogen-bond donors (Lipinski definition) is 1. The molecule has 0 aliphatic carbocycles. The minimum absolute atomic E-state index is 0.565. The van der Waals surface area contributed by atoms with Crippen LogP contribution in [0, 0.1) is 0 Å². The summed E-state index contributed by atoms with van der Waals surface area (Å²) in [6.45, 7) is 4.36. The van der Waals surface area contributed by atoms with Gasteiger partial charge in [0.1, 0.15) is 0 Å². The summed E-state index contributed by atoms with van der Waals surface area (Å²) in [4.78, 5) is 0. The van der Waals surface area contributed by atoms with Crippen molar-refractivity contribution in [3.8, 4) is 0 Å². The molecule has 1 rings (SSSR count). The monoisotopic (exact) mass is 137 g/mol. The zero-order valence-corrected chi connectivity index (χ0v) is 6.72. The molecule has 0 spiro atoms. The van der Waals surface area contributed by atoms with Crippen LogP contribution >= 0.6 is 0 Å². The van der Waals surface area contributed by atoms with Gasteiger partial charge in [0.25, 0.3) is 0 Å². The molecule has 0 fully saturated rings. The first-order valence-electron chi connectivity index (χ1n) is 4.00. The Balaban J connectivity index is 2.46. The Morgan fingerprint density at radius 2 is 2.30 bits per heavy atom. The molecule has 10 heavy (non-hydrogen) atoms. The molecule has 0 saturated carbocycles. The fourth-order valence-corrected chi connectivity index (χ4v) is 1.03. The molecule has 1 atom stereocenters. The average molecular weight is 137 g/mol. The molecule has 0 aromatic carbocycles. The third-order valence-corrected chi connectivity index (χ3v) is 1.87. The predicted octanol–water partition coefficient (Wildman–Crippen LogP) is 2.22. The Hall–Kier alpha value is -0.720. The molecule has 0 aromatic rings. The summed E-state index contributed by atoms with van der Waals surface area (Å²) in [5.74, 6) is 0. The SMILES string of the molecule is CCC1=CNC(CC)C=C1. The van der Waals surface area contributed by atoms with E-state index < -0.39 is 0 Å². The average Bonchev–Trinajstić information content (AvgIpc) is 2.05. The third kappa shape index (κ3) is 1.63. The molecule has 1 unspecified atom stereocenters. The smallest absolute Gasteiger partial charge is 0.0439 e. The molecule has 0 radical (unpaired) electrons. The van der Waals surface area contributed by atoms with Gasteiger partial charge in [-0.3, -0.25) is 0 Å². The van der Waals surface area contributed by atoms with Crippen molar-refractivity contribution in [2.24, 2.45) is 0 Å². The summed E-state index contributed by atoms with van der Waals surface area (Å²) < 4.78 is 0. The van der Waals surface area contributed by atoms with Crippen molar-refractivity contribution in [2.75, 3.05) is 0 Å². The molecule has 1 heterocycles. The van der Waals surface area contributed by atoms with Crippen LogP contribution in [0.5, 0.6) is 0 Å². The highest BCUT2D eigenvalue weighted by Gasteiger charge is 2.02. The zero-order valence-electron chi connectivity index (χ0n) is 6.72. The van der Waals surface area contributed by atoms with E-state index in [1.807, 2.05) is 0 Å². The molecule has 1 nitrogen and oxygen atoms in total. The molecular weight excluding hydrogens is 122 g/mol. The summed E-state index contributed by atoms with van der Waals surface area (Å²) in [6, 6.07) is 0.565. The van der Waals surface area contributed by atoms with Crippen LogP contribution in [0.1, 0.15) is 26.7 Å². The van der Waals surface area contributed by atoms with Crippen molar-refractivity contribution < 1.29 is 0 Å². The number of allylic oxidation sites excluding steroid dienone is 2. The summed E-state index contributed by atoms with van der Waals surface area (Å²) in [5, 5.41) is 3.32. The van der Waals surface area contributed by atoms with E-state index in [9.17, 15) is 0 Å². The first-order valence-corrected chi connectivity index (χ1v) is 4.00. The van der Waals surface area contributed by atoms with Crippen LogP contribution in [0.3, 0.4) is 0 Å². The van der Waals surface area contributed by atoms with E-state index in [1.54, 1.807) is 0 Å². The Kier molecular flexibility index (Phi) is 2.55. The maximum Gasteiger partial charge on any atom is 0.0439 e. The van der Waals surface area contributed by atoms with Crippen LogP contribution in [0.4, 0.5) is 0 Å². The number of nitrogens with one attached hydrogen (secondary N) is 1. The lowest BCUT2D eigenvalue weighted by Gasteiger charge is -2.15. The Morgan fingerprint density at radius 3 is 2.70 bits per heavy atom. The quantitative estimate of drug-likeness (QED) is 0.615. The highest BCUT2D eigenvalue weighted by Crippen LogP contribution is 2.08. The van der Waals surface area contributed by atoms with E-state index in [0.717, 1.165) is 6.42 Å². The largest absolute Gasteiger partial charge is 0.384 e. The lowest BCUT2D eigenvalue weighted by molar-refractivity contribution is 0.663. The van der Waals surface area contributed by atoms with E-state index in [4.69, 9.17) is 0 Å². The van der Waals surface area contributed by atoms with Gasteiger partial charge in [-0.25, -0.2) is 0 Å². The number of rotatable bonds is 2. The maximum absolute atomic E-state index is 3.32. The number of dihydropyridines is 1. The van der Waals surface area contributed by atoms with Gasteiger partial charge >= 0.3 is 0 Å². The van der Waals surface area contributed by atoms with Gasteiger partial charge in [0, 0.05) is 12.2 Å². The molecule has 56 valence electrons. The van der Waals surface area contributed by atoms with Gasteiger partial charge in [-0.2, -0.15) is 0 Å². The van der Waals surface area contributed by atoms with Gasteiger partial charge in [0.2, 0.25) is 0 Å². The van der Waals surface area contributed by atoms with Crippen LogP contribution in [-0.4, -0.2) is 6.04 Å². The first kappa shape index (κ1) is 7.39. The van der Waals surface area contributed by atoms with E-state index in [0.29, 0.717) is 6.04 Å². The second-order valence-electron chi connectivity index (χ2n) is 2.61. The summed E-state index contributed by atoms with van der Waals surface area (Å²) in [5.41, 5.74) is 1.39. The standard InChI is InChI=1S/C9H15N/c1-3-8-5-6-9(4-2)10-7-8/h5-7,9-10H,3-4H2,1-2H3. The van der Waals surface area contributed by atoms with Gasteiger partial charge in [0.05, 0.1) is 0 Å².